The van der Waals surface area contributed by atoms with Crippen molar-refractivity contribution in [2.45, 2.75) is 25.4 Å². The smallest absolute Gasteiger partial charge is 0.418 e. The number of aromatic nitrogens is 2. The van der Waals surface area contributed by atoms with Crippen LogP contribution >= 0.6 is 0 Å². The molecule has 1 aliphatic heterocycles. The van der Waals surface area contributed by atoms with Crippen LogP contribution in [0.25, 0.3) is 11.3 Å². The molecule has 31 heavy (non-hydrogen) atoms. The topological polar surface area (TPSA) is 50.3 Å². The first kappa shape index (κ1) is 21.0. The number of alkyl halides is 3. The summed E-state index contributed by atoms with van der Waals surface area (Å²) >= 11 is 0. The molecule has 2 heterocycles. The number of hydrogen-bond donors (Lipinski definition) is 1. The molecule has 3 aromatic rings. The molecule has 0 radical (unpaired) electrons. The van der Waals surface area contributed by atoms with E-state index in [9.17, 15) is 13.2 Å². The highest BCUT2D eigenvalue weighted by Crippen LogP contribution is 2.39. The van der Waals surface area contributed by atoms with Crippen LogP contribution in [0.5, 0.6) is 5.75 Å². The van der Waals surface area contributed by atoms with E-state index in [-0.39, 0.29) is 17.3 Å². The molecule has 0 unspecified atom stereocenters. The minimum Gasteiger partial charge on any atom is -0.497 e. The Bertz CT molecular complexity index is 1050. The Hall–Kier alpha value is -3.29. The standard InChI is InChI=1S/C23H23F3N4O/c1-31-18-7-5-6-16(14-18)20-10-11-27-22(29-20)28-17-8-9-21(19(15-17)23(24,25)26)30-12-3-2-4-13-30/h5-11,14-15H,2-4,12-13H2,1H3,(H,27,28,29). The summed E-state index contributed by atoms with van der Waals surface area (Å²) in [6, 6.07) is 13.4. The van der Waals surface area contributed by atoms with Gasteiger partial charge in [-0.3, -0.25) is 0 Å². The summed E-state index contributed by atoms with van der Waals surface area (Å²) in [5.41, 5.74) is 1.32. The summed E-state index contributed by atoms with van der Waals surface area (Å²) in [6.07, 6.45) is -0.0203. The van der Waals surface area contributed by atoms with E-state index in [0.717, 1.165) is 30.9 Å². The average Bonchev–Trinajstić information content (AvgIpc) is 2.79. The molecule has 1 aromatic heterocycles. The van der Waals surface area contributed by atoms with Crippen LogP contribution < -0.4 is 15.0 Å². The molecule has 1 saturated heterocycles. The largest absolute Gasteiger partial charge is 0.497 e. The molecule has 0 atom stereocenters. The van der Waals surface area contributed by atoms with Gasteiger partial charge >= 0.3 is 6.18 Å². The number of piperidine rings is 1. The van der Waals surface area contributed by atoms with Gasteiger partial charge in [0.1, 0.15) is 5.75 Å². The zero-order chi connectivity index (χ0) is 21.8. The molecule has 2 aromatic carbocycles. The van der Waals surface area contributed by atoms with Gasteiger partial charge in [-0.15, -0.1) is 0 Å². The second kappa shape index (κ2) is 8.83. The van der Waals surface area contributed by atoms with Crippen molar-refractivity contribution in [3.8, 4) is 17.0 Å². The maximum absolute atomic E-state index is 13.8. The third-order valence-corrected chi connectivity index (χ3v) is 5.28. The van der Waals surface area contributed by atoms with Crippen molar-refractivity contribution >= 4 is 17.3 Å². The molecule has 0 amide bonds. The molecule has 0 aliphatic carbocycles. The SMILES string of the molecule is COc1cccc(-c2ccnc(Nc3ccc(N4CCCCC4)c(C(F)(F)F)c3)n2)c1. The zero-order valence-corrected chi connectivity index (χ0v) is 17.1. The lowest BCUT2D eigenvalue weighted by Crippen LogP contribution is -2.31. The van der Waals surface area contributed by atoms with Crippen LogP contribution in [0.2, 0.25) is 0 Å². The van der Waals surface area contributed by atoms with Crippen LogP contribution in [0, 0.1) is 0 Å². The van der Waals surface area contributed by atoms with Gasteiger partial charge in [0, 0.05) is 36.2 Å². The highest BCUT2D eigenvalue weighted by atomic mass is 19.4. The van der Waals surface area contributed by atoms with E-state index in [4.69, 9.17) is 4.74 Å². The molecule has 4 rings (SSSR count). The average molecular weight is 428 g/mol. The number of ether oxygens (including phenoxy) is 1. The number of benzene rings is 2. The lowest BCUT2D eigenvalue weighted by molar-refractivity contribution is -0.137. The van der Waals surface area contributed by atoms with Gasteiger partial charge in [-0.2, -0.15) is 13.2 Å². The number of hydrogen-bond acceptors (Lipinski definition) is 5. The van der Waals surface area contributed by atoms with Crippen molar-refractivity contribution in [2.24, 2.45) is 0 Å². The normalized spacial score (nSPS) is 14.4. The molecular weight excluding hydrogens is 405 g/mol. The molecule has 8 heteroatoms. The predicted molar refractivity (Wildman–Crippen MR) is 115 cm³/mol. The van der Waals surface area contributed by atoms with Crippen LogP contribution in [-0.2, 0) is 6.18 Å². The quantitative estimate of drug-likeness (QED) is 0.548. The summed E-state index contributed by atoms with van der Waals surface area (Å²) in [4.78, 5) is 10.4. The van der Waals surface area contributed by atoms with E-state index in [1.54, 1.807) is 25.4 Å². The van der Waals surface area contributed by atoms with Crippen molar-refractivity contribution < 1.29 is 17.9 Å². The number of nitrogens with one attached hydrogen (secondary N) is 1. The summed E-state index contributed by atoms with van der Waals surface area (Å²) in [5.74, 6) is 0.910. The fraction of sp³-hybridized carbons (Fsp3) is 0.304. The minimum atomic E-state index is -4.45. The van der Waals surface area contributed by atoms with Crippen LogP contribution in [0.1, 0.15) is 24.8 Å². The molecular formula is C23H23F3N4O. The van der Waals surface area contributed by atoms with Crippen molar-refractivity contribution in [1.29, 1.82) is 0 Å². The highest BCUT2D eigenvalue weighted by Gasteiger charge is 2.35. The maximum atomic E-state index is 13.8. The number of methoxy groups -OCH3 is 1. The Morgan fingerprint density at radius 1 is 1.00 bits per heavy atom. The Labute approximate surface area is 178 Å². The third-order valence-electron chi connectivity index (χ3n) is 5.28. The Balaban J connectivity index is 1.62. The maximum Gasteiger partial charge on any atom is 0.418 e. The first-order valence-electron chi connectivity index (χ1n) is 10.1. The Morgan fingerprint density at radius 3 is 2.55 bits per heavy atom. The van der Waals surface area contributed by atoms with E-state index in [1.165, 1.54) is 6.07 Å². The van der Waals surface area contributed by atoms with E-state index < -0.39 is 11.7 Å². The van der Waals surface area contributed by atoms with Crippen molar-refractivity contribution in [3.63, 3.8) is 0 Å². The van der Waals surface area contributed by atoms with Crippen LogP contribution in [0.15, 0.2) is 54.7 Å². The van der Waals surface area contributed by atoms with E-state index in [0.29, 0.717) is 24.5 Å². The minimum absolute atomic E-state index is 0.221. The molecule has 162 valence electrons. The lowest BCUT2D eigenvalue weighted by atomic mass is 10.1. The molecule has 1 fully saturated rings. The summed E-state index contributed by atoms with van der Waals surface area (Å²) in [7, 11) is 1.58. The highest BCUT2D eigenvalue weighted by molar-refractivity contribution is 5.67. The first-order valence-corrected chi connectivity index (χ1v) is 10.1. The van der Waals surface area contributed by atoms with Gasteiger partial charge < -0.3 is 15.0 Å². The van der Waals surface area contributed by atoms with E-state index in [1.807, 2.05) is 29.2 Å². The molecule has 0 spiro atoms. The zero-order valence-electron chi connectivity index (χ0n) is 17.1. The summed E-state index contributed by atoms with van der Waals surface area (Å²) in [5, 5.41) is 2.91. The van der Waals surface area contributed by atoms with Crippen molar-refractivity contribution in [3.05, 3.63) is 60.3 Å². The molecule has 1 N–H and O–H groups in total. The number of halogens is 3. The second-order valence-electron chi connectivity index (χ2n) is 7.40. The number of nitrogens with zero attached hydrogens (tertiary/aromatic N) is 3. The van der Waals surface area contributed by atoms with E-state index in [2.05, 4.69) is 15.3 Å². The monoisotopic (exact) mass is 428 g/mol. The third kappa shape index (κ3) is 4.90. The van der Waals surface area contributed by atoms with Gasteiger partial charge in [-0.1, -0.05) is 12.1 Å². The van der Waals surface area contributed by atoms with Crippen LogP contribution in [0.3, 0.4) is 0 Å². The molecule has 0 saturated carbocycles. The Morgan fingerprint density at radius 2 is 1.81 bits per heavy atom. The molecule has 1 aliphatic rings. The fourth-order valence-corrected chi connectivity index (χ4v) is 3.74. The van der Waals surface area contributed by atoms with Gasteiger partial charge in [0.2, 0.25) is 5.95 Å². The van der Waals surface area contributed by atoms with Crippen LogP contribution in [-0.4, -0.2) is 30.2 Å². The van der Waals surface area contributed by atoms with Crippen molar-refractivity contribution in [1.82, 2.24) is 9.97 Å². The number of anilines is 3. The van der Waals surface area contributed by atoms with Gasteiger partial charge in [-0.25, -0.2) is 9.97 Å². The summed E-state index contributed by atoms with van der Waals surface area (Å²) in [6.45, 7) is 1.28. The van der Waals surface area contributed by atoms with Gasteiger partial charge in [0.05, 0.1) is 18.4 Å². The molecule has 5 nitrogen and oxygen atoms in total. The van der Waals surface area contributed by atoms with E-state index >= 15 is 0 Å². The first-order chi connectivity index (χ1) is 14.9. The Kier molecular flexibility index (Phi) is 5.97. The van der Waals surface area contributed by atoms with Crippen LogP contribution in [0.4, 0.5) is 30.5 Å². The van der Waals surface area contributed by atoms with Crippen molar-refractivity contribution in [2.75, 3.05) is 30.4 Å². The fourth-order valence-electron chi connectivity index (χ4n) is 3.74. The lowest BCUT2D eigenvalue weighted by Gasteiger charge is -2.31. The number of rotatable bonds is 5. The summed E-state index contributed by atoms with van der Waals surface area (Å²) < 4.78 is 46.6. The molecule has 0 bridgehead atoms. The second-order valence-corrected chi connectivity index (χ2v) is 7.40. The van der Waals surface area contributed by atoms with Gasteiger partial charge in [0.25, 0.3) is 0 Å². The predicted octanol–water partition coefficient (Wildman–Crippen LogP) is 5.90. The van der Waals surface area contributed by atoms with Gasteiger partial charge in [0.15, 0.2) is 0 Å². The van der Waals surface area contributed by atoms with Gasteiger partial charge in [-0.05, 0) is 55.7 Å².